The molecule has 1 aliphatic heterocycles. The Morgan fingerprint density at radius 2 is 2.14 bits per heavy atom. The molecule has 3 N–H and O–H groups in total. The summed E-state index contributed by atoms with van der Waals surface area (Å²) in [5.41, 5.74) is 4.85. The molecule has 3 nitrogen and oxygen atoms in total. The van der Waals surface area contributed by atoms with Crippen molar-refractivity contribution in [2.45, 2.75) is 18.9 Å². The van der Waals surface area contributed by atoms with E-state index in [1.165, 1.54) is 16.8 Å². The summed E-state index contributed by atoms with van der Waals surface area (Å²) >= 11 is 5.94. The van der Waals surface area contributed by atoms with Crippen LogP contribution in [0.1, 0.15) is 22.8 Å². The number of hydrogen-bond donors (Lipinski definition) is 3. The van der Waals surface area contributed by atoms with Gasteiger partial charge in [0.1, 0.15) is 0 Å². The van der Waals surface area contributed by atoms with Gasteiger partial charge in [-0.1, -0.05) is 35.9 Å². The van der Waals surface area contributed by atoms with Crippen molar-refractivity contribution in [3.8, 4) is 0 Å². The summed E-state index contributed by atoms with van der Waals surface area (Å²) in [6.45, 7) is 2.42. The van der Waals surface area contributed by atoms with Crippen molar-refractivity contribution in [3.05, 3.63) is 64.2 Å². The van der Waals surface area contributed by atoms with E-state index in [2.05, 4.69) is 28.8 Å². The van der Waals surface area contributed by atoms with Gasteiger partial charge in [-0.3, -0.25) is 0 Å². The van der Waals surface area contributed by atoms with Crippen LogP contribution in [0.15, 0.2) is 42.5 Å². The first-order valence-corrected chi connectivity index (χ1v) is 8.10. The smallest absolute Gasteiger partial charge is 0.0914 e. The van der Waals surface area contributed by atoms with Crippen molar-refractivity contribution in [1.82, 2.24) is 5.32 Å². The molecule has 0 bridgehead atoms. The SMILES string of the molecule is OC(CNCCc1ccc2c(c1)NCC2)c1cccc(Cl)c1. The molecular weight excluding hydrogens is 296 g/mol. The summed E-state index contributed by atoms with van der Waals surface area (Å²) < 4.78 is 0. The van der Waals surface area contributed by atoms with Crippen LogP contribution in [0.2, 0.25) is 5.02 Å². The second-order valence-electron chi connectivity index (χ2n) is 5.69. The van der Waals surface area contributed by atoms with Gasteiger partial charge in [0.15, 0.2) is 0 Å². The topological polar surface area (TPSA) is 44.3 Å². The first-order valence-electron chi connectivity index (χ1n) is 7.72. The third-order valence-electron chi connectivity index (χ3n) is 4.05. The highest BCUT2D eigenvalue weighted by Crippen LogP contribution is 2.23. The zero-order chi connectivity index (χ0) is 15.4. The van der Waals surface area contributed by atoms with Crippen LogP contribution in [-0.4, -0.2) is 24.7 Å². The minimum absolute atomic E-state index is 0.527. The second-order valence-corrected chi connectivity index (χ2v) is 6.13. The lowest BCUT2D eigenvalue weighted by Gasteiger charge is -2.13. The Bertz CT molecular complexity index is 645. The van der Waals surface area contributed by atoms with Gasteiger partial charge in [-0.25, -0.2) is 0 Å². The summed E-state index contributed by atoms with van der Waals surface area (Å²) in [5.74, 6) is 0. The number of halogens is 1. The summed E-state index contributed by atoms with van der Waals surface area (Å²) in [6.07, 6.45) is 1.55. The van der Waals surface area contributed by atoms with E-state index in [1.807, 2.05) is 18.2 Å². The van der Waals surface area contributed by atoms with Crippen LogP contribution in [-0.2, 0) is 12.8 Å². The number of rotatable bonds is 6. The highest BCUT2D eigenvalue weighted by molar-refractivity contribution is 6.30. The molecule has 116 valence electrons. The van der Waals surface area contributed by atoms with Gasteiger partial charge in [-0.15, -0.1) is 0 Å². The fourth-order valence-electron chi connectivity index (χ4n) is 2.80. The predicted molar refractivity (Wildman–Crippen MR) is 91.6 cm³/mol. The van der Waals surface area contributed by atoms with Crippen LogP contribution in [0.3, 0.4) is 0 Å². The molecule has 22 heavy (non-hydrogen) atoms. The maximum Gasteiger partial charge on any atom is 0.0914 e. The number of benzene rings is 2. The highest BCUT2D eigenvalue weighted by Gasteiger charge is 2.10. The molecule has 0 amide bonds. The Balaban J connectivity index is 1.45. The summed E-state index contributed by atoms with van der Waals surface area (Å²) in [4.78, 5) is 0. The van der Waals surface area contributed by atoms with Crippen LogP contribution >= 0.6 is 11.6 Å². The zero-order valence-electron chi connectivity index (χ0n) is 12.5. The molecule has 2 aromatic carbocycles. The molecule has 1 aliphatic rings. The van der Waals surface area contributed by atoms with Gasteiger partial charge in [0.2, 0.25) is 0 Å². The molecule has 0 saturated heterocycles. The van der Waals surface area contributed by atoms with Gasteiger partial charge in [0.25, 0.3) is 0 Å². The predicted octanol–water partition coefficient (Wildman–Crippen LogP) is 3.17. The molecule has 0 fully saturated rings. The zero-order valence-corrected chi connectivity index (χ0v) is 13.2. The highest BCUT2D eigenvalue weighted by atomic mass is 35.5. The molecular formula is C18H21ClN2O. The van der Waals surface area contributed by atoms with E-state index < -0.39 is 6.10 Å². The Morgan fingerprint density at radius 1 is 1.23 bits per heavy atom. The molecule has 0 spiro atoms. The number of fused-ring (bicyclic) bond motifs is 1. The Morgan fingerprint density at radius 3 is 3.00 bits per heavy atom. The molecule has 1 heterocycles. The molecule has 3 rings (SSSR count). The van der Waals surface area contributed by atoms with E-state index in [4.69, 9.17) is 11.6 Å². The lowest BCUT2D eigenvalue weighted by molar-refractivity contribution is 0.175. The molecule has 1 unspecified atom stereocenters. The molecule has 0 aliphatic carbocycles. The van der Waals surface area contributed by atoms with Gasteiger partial charge < -0.3 is 15.7 Å². The average molecular weight is 317 g/mol. The summed E-state index contributed by atoms with van der Waals surface area (Å²) in [5, 5.41) is 17.5. The van der Waals surface area contributed by atoms with E-state index in [9.17, 15) is 5.11 Å². The minimum atomic E-state index is -0.527. The number of nitrogens with one attached hydrogen (secondary N) is 2. The van der Waals surface area contributed by atoms with Crippen LogP contribution in [0.4, 0.5) is 5.69 Å². The quantitative estimate of drug-likeness (QED) is 0.717. The average Bonchev–Trinajstić information content (AvgIpc) is 2.99. The molecule has 4 heteroatoms. The maximum atomic E-state index is 10.1. The third-order valence-corrected chi connectivity index (χ3v) is 4.28. The van der Waals surface area contributed by atoms with Gasteiger partial charge in [0.05, 0.1) is 6.10 Å². The van der Waals surface area contributed by atoms with Crippen molar-refractivity contribution in [1.29, 1.82) is 0 Å². The molecule has 1 atom stereocenters. The number of aliphatic hydroxyl groups is 1. The van der Waals surface area contributed by atoms with Crippen LogP contribution in [0.5, 0.6) is 0 Å². The van der Waals surface area contributed by atoms with E-state index in [1.54, 1.807) is 6.07 Å². The number of anilines is 1. The normalized spacial score (nSPS) is 14.5. The van der Waals surface area contributed by atoms with E-state index in [0.29, 0.717) is 11.6 Å². The maximum absolute atomic E-state index is 10.1. The van der Waals surface area contributed by atoms with Gasteiger partial charge >= 0.3 is 0 Å². The fourth-order valence-corrected chi connectivity index (χ4v) is 3.00. The second kappa shape index (κ2) is 7.14. The first kappa shape index (κ1) is 15.3. The Hall–Kier alpha value is -1.55. The third kappa shape index (κ3) is 3.80. The van der Waals surface area contributed by atoms with Gasteiger partial charge in [0, 0.05) is 23.8 Å². The standard InChI is InChI=1S/C18H21ClN2O/c19-16-3-1-2-15(11-16)18(22)12-20-8-6-13-4-5-14-7-9-21-17(14)10-13/h1-5,10-11,18,20-22H,6-9,12H2. The summed E-state index contributed by atoms with van der Waals surface area (Å²) in [7, 11) is 0. The first-order chi connectivity index (χ1) is 10.7. The van der Waals surface area contributed by atoms with Crippen molar-refractivity contribution >= 4 is 17.3 Å². The fraction of sp³-hybridized carbons (Fsp3) is 0.333. The monoisotopic (exact) mass is 316 g/mol. The number of aliphatic hydroxyl groups excluding tert-OH is 1. The Labute approximate surface area is 136 Å². The van der Waals surface area contributed by atoms with Crippen molar-refractivity contribution < 1.29 is 5.11 Å². The van der Waals surface area contributed by atoms with E-state index >= 15 is 0 Å². The molecule has 0 radical (unpaired) electrons. The van der Waals surface area contributed by atoms with Gasteiger partial charge in [-0.2, -0.15) is 0 Å². The number of hydrogen-bond acceptors (Lipinski definition) is 3. The lowest BCUT2D eigenvalue weighted by Crippen LogP contribution is -2.23. The Kier molecular flexibility index (Phi) is 4.98. The van der Waals surface area contributed by atoms with Crippen molar-refractivity contribution in [2.24, 2.45) is 0 Å². The minimum Gasteiger partial charge on any atom is -0.387 e. The van der Waals surface area contributed by atoms with Crippen LogP contribution in [0.25, 0.3) is 0 Å². The molecule has 0 aromatic heterocycles. The van der Waals surface area contributed by atoms with Gasteiger partial charge in [-0.05, 0) is 54.3 Å². The van der Waals surface area contributed by atoms with Crippen molar-refractivity contribution in [2.75, 3.05) is 25.0 Å². The van der Waals surface area contributed by atoms with Crippen LogP contribution < -0.4 is 10.6 Å². The van der Waals surface area contributed by atoms with Crippen molar-refractivity contribution in [3.63, 3.8) is 0 Å². The van der Waals surface area contributed by atoms with E-state index in [0.717, 1.165) is 31.5 Å². The van der Waals surface area contributed by atoms with E-state index in [-0.39, 0.29) is 0 Å². The van der Waals surface area contributed by atoms with Crippen LogP contribution in [0, 0.1) is 0 Å². The largest absolute Gasteiger partial charge is 0.387 e. The lowest BCUT2D eigenvalue weighted by atomic mass is 10.1. The molecule has 0 saturated carbocycles. The summed E-state index contributed by atoms with van der Waals surface area (Å²) in [6, 6.07) is 14.0. The molecule has 2 aromatic rings.